The first-order valence-electron chi connectivity index (χ1n) is 5.17. The van der Waals surface area contributed by atoms with Gasteiger partial charge in [0.15, 0.2) is 0 Å². The highest BCUT2D eigenvalue weighted by Gasteiger charge is 2.15. The lowest BCUT2D eigenvalue weighted by atomic mass is 10.1. The molecule has 1 atom stereocenters. The Morgan fingerprint density at radius 3 is 2.71 bits per heavy atom. The first-order valence-corrected chi connectivity index (χ1v) is 6.72. The Bertz CT molecular complexity index is 426. The lowest BCUT2D eigenvalue weighted by molar-refractivity contribution is -0.117. The molecule has 0 saturated heterocycles. The summed E-state index contributed by atoms with van der Waals surface area (Å²) in [7, 11) is 0. The lowest BCUT2D eigenvalue weighted by Crippen LogP contribution is -2.35. The SMILES string of the molecule is CCC[C@H](N)C(=O)Nc1ccc(Br)c(Cl)c1Cl. The van der Waals surface area contributed by atoms with Crippen LogP contribution < -0.4 is 11.1 Å². The van der Waals surface area contributed by atoms with Crippen molar-refractivity contribution in [3.63, 3.8) is 0 Å². The Morgan fingerprint density at radius 2 is 2.12 bits per heavy atom. The van der Waals surface area contributed by atoms with Gasteiger partial charge in [0.2, 0.25) is 5.91 Å². The molecule has 6 heteroatoms. The zero-order valence-corrected chi connectivity index (χ0v) is 12.4. The van der Waals surface area contributed by atoms with Gasteiger partial charge in [-0.3, -0.25) is 4.79 Å². The molecule has 1 aromatic rings. The Hall–Kier alpha value is -0.290. The van der Waals surface area contributed by atoms with Gasteiger partial charge in [0.25, 0.3) is 0 Å². The summed E-state index contributed by atoms with van der Waals surface area (Å²) < 4.78 is 0.681. The third-order valence-corrected chi connectivity index (χ3v) is 4.00. The Morgan fingerprint density at radius 1 is 1.47 bits per heavy atom. The van der Waals surface area contributed by atoms with Gasteiger partial charge in [0, 0.05) is 4.47 Å². The summed E-state index contributed by atoms with van der Waals surface area (Å²) in [5.41, 5.74) is 6.17. The van der Waals surface area contributed by atoms with Crippen LogP contribution in [0.15, 0.2) is 16.6 Å². The molecule has 17 heavy (non-hydrogen) atoms. The fourth-order valence-electron chi connectivity index (χ4n) is 1.29. The van der Waals surface area contributed by atoms with Crippen molar-refractivity contribution in [2.24, 2.45) is 5.73 Å². The quantitative estimate of drug-likeness (QED) is 0.819. The lowest BCUT2D eigenvalue weighted by Gasteiger charge is -2.13. The second-order valence-electron chi connectivity index (χ2n) is 3.61. The van der Waals surface area contributed by atoms with Crippen LogP contribution in [0.25, 0.3) is 0 Å². The number of nitrogens with two attached hydrogens (primary N) is 1. The van der Waals surface area contributed by atoms with E-state index in [4.69, 9.17) is 28.9 Å². The predicted octanol–water partition coefficient (Wildman–Crippen LogP) is 3.82. The van der Waals surface area contributed by atoms with Gasteiger partial charge in [-0.05, 0) is 34.5 Å². The molecule has 1 aromatic carbocycles. The molecule has 1 amide bonds. The number of carbonyl (C=O) groups is 1. The Balaban J connectivity index is 2.82. The Labute approximate surface area is 119 Å². The number of amides is 1. The number of carbonyl (C=O) groups excluding carboxylic acids is 1. The van der Waals surface area contributed by atoms with Gasteiger partial charge in [-0.25, -0.2) is 0 Å². The van der Waals surface area contributed by atoms with E-state index >= 15 is 0 Å². The first kappa shape index (κ1) is 14.8. The largest absolute Gasteiger partial charge is 0.323 e. The molecule has 3 N–H and O–H groups in total. The molecule has 0 aliphatic carbocycles. The predicted molar refractivity (Wildman–Crippen MR) is 75.7 cm³/mol. The molecule has 0 fully saturated rings. The normalized spacial score (nSPS) is 12.3. The van der Waals surface area contributed by atoms with Crippen LogP contribution in [0.3, 0.4) is 0 Å². The van der Waals surface area contributed by atoms with Crippen LogP contribution in [0.1, 0.15) is 19.8 Å². The van der Waals surface area contributed by atoms with Crippen molar-refractivity contribution in [3.8, 4) is 0 Å². The van der Waals surface area contributed by atoms with Crippen molar-refractivity contribution in [3.05, 3.63) is 26.7 Å². The highest BCUT2D eigenvalue weighted by Crippen LogP contribution is 2.35. The smallest absolute Gasteiger partial charge is 0.241 e. The van der Waals surface area contributed by atoms with Gasteiger partial charge < -0.3 is 11.1 Å². The average Bonchev–Trinajstić information content (AvgIpc) is 2.30. The second-order valence-corrected chi connectivity index (χ2v) is 5.22. The number of hydrogen-bond acceptors (Lipinski definition) is 2. The molecule has 0 aliphatic heterocycles. The van der Waals surface area contributed by atoms with Crippen LogP contribution in [0.4, 0.5) is 5.69 Å². The van der Waals surface area contributed by atoms with E-state index in [1.165, 1.54) is 0 Å². The van der Waals surface area contributed by atoms with Crippen LogP contribution in [-0.2, 0) is 4.79 Å². The maximum absolute atomic E-state index is 11.7. The Kier molecular flexibility index (Phi) is 5.73. The standard InChI is InChI=1S/C11H13BrCl2N2O/c1-2-3-7(15)11(17)16-8-5-4-6(12)9(13)10(8)14/h4-5,7H,2-3,15H2,1H3,(H,16,17)/t7-/m0/s1. The zero-order chi connectivity index (χ0) is 13.0. The van der Waals surface area contributed by atoms with Crippen LogP contribution in [0, 0.1) is 0 Å². The summed E-state index contributed by atoms with van der Waals surface area (Å²) in [4.78, 5) is 11.7. The van der Waals surface area contributed by atoms with Gasteiger partial charge in [-0.15, -0.1) is 0 Å². The molecular weight excluding hydrogens is 327 g/mol. The van der Waals surface area contributed by atoms with E-state index < -0.39 is 6.04 Å². The summed E-state index contributed by atoms with van der Waals surface area (Å²) in [6.45, 7) is 1.97. The molecular formula is C11H13BrCl2N2O. The molecule has 0 radical (unpaired) electrons. The molecule has 0 unspecified atom stereocenters. The molecule has 0 saturated carbocycles. The number of hydrogen-bond donors (Lipinski definition) is 2. The molecule has 0 heterocycles. The van der Waals surface area contributed by atoms with Gasteiger partial charge in [-0.1, -0.05) is 36.5 Å². The average molecular weight is 340 g/mol. The molecule has 94 valence electrons. The van der Waals surface area contributed by atoms with E-state index in [0.717, 1.165) is 6.42 Å². The van der Waals surface area contributed by atoms with Crippen LogP contribution >= 0.6 is 39.1 Å². The molecule has 0 aromatic heterocycles. The first-order chi connectivity index (χ1) is 7.97. The molecule has 0 aliphatic rings. The molecule has 3 nitrogen and oxygen atoms in total. The summed E-state index contributed by atoms with van der Waals surface area (Å²) in [5, 5.41) is 3.33. The van der Waals surface area contributed by atoms with E-state index in [1.54, 1.807) is 12.1 Å². The van der Waals surface area contributed by atoms with E-state index in [0.29, 0.717) is 26.6 Å². The summed E-state index contributed by atoms with van der Waals surface area (Å²) >= 11 is 15.2. The topological polar surface area (TPSA) is 55.1 Å². The van der Waals surface area contributed by atoms with E-state index in [9.17, 15) is 4.79 Å². The maximum atomic E-state index is 11.7. The van der Waals surface area contributed by atoms with Gasteiger partial charge in [0.1, 0.15) is 0 Å². The van der Waals surface area contributed by atoms with Crippen molar-refractivity contribution in [2.75, 3.05) is 5.32 Å². The maximum Gasteiger partial charge on any atom is 0.241 e. The third-order valence-electron chi connectivity index (χ3n) is 2.23. The summed E-state index contributed by atoms with van der Waals surface area (Å²) in [6, 6.07) is 2.86. The van der Waals surface area contributed by atoms with Crippen LogP contribution in [0.2, 0.25) is 10.0 Å². The fourth-order valence-corrected chi connectivity index (χ4v) is 2.11. The van der Waals surface area contributed by atoms with Crippen LogP contribution in [0.5, 0.6) is 0 Å². The second kappa shape index (κ2) is 6.59. The summed E-state index contributed by atoms with van der Waals surface area (Å²) in [5.74, 6) is -0.257. The third kappa shape index (κ3) is 3.85. The fraction of sp³-hybridized carbons (Fsp3) is 0.364. The number of nitrogens with one attached hydrogen (secondary N) is 1. The van der Waals surface area contributed by atoms with Crippen molar-refractivity contribution in [2.45, 2.75) is 25.8 Å². The van der Waals surface area contributed by atoms with Crippen molar-refractivity contribution in [1.29, 1.82) is 0 Å². The molecule has 0 bridgehead atoms. The van der Waals surface area contributed by atoms with Crippen LogP contribution in [-0.4, -0.2) is 11.9 Å². The van der Waals surface area contributed by atoms with Crippen molar-refractivity contribution < 1.29 is 4.79 Å². The van der Waals surface area contributed by atoms with Gasteiger partial charge >= 0.3 is 0 Å². The van der Waals surface area contributed by atoms with E-state index in [1.807, 2.05) is 6.92 Å². The molecule has 0 spiro atoms. The minimum atomic E-state index is -0.529. The number of anilines is 1. The van der Waals surface area contributed by atoms with Gasteiger partial charge in [0.05, 0.1) is 21.8 Å². The monoisotopic (exact) mass is 338 g/mol. The molecule has 1 rings (SSSR count). The number of halogens is 3. The minimum Gasteiger partial charge on any atom is -0.323 e. The highest BCUT2D eigenvalue weighted by atomic mass is 79.9. The van der Waals surface area contributed by atoms with Crippen molar-refractivity contribution >= 4 is 50.7 Å². The number of benzene rings is 1. The number of rotatable bonds is 4. The van der Waals surface area contributed by atoms with Crippen molar-refractivity contribution in [1.82, 2.24) is 0 Å². The highest BCUT2D eigenvalue weighted by molar-refractivity contribution is 9.10. The summed E-state index contributed by atoms with van der Waals surface area (Å²) in [6.07, 6.45) is 1.48. The van der Waals surface area contributed by atoms with Gasteiger partial charge in [-0.2, -0.15) is 0 Å². The zero-order valence-electron chi connectivity index (χ0n) is 9.27. The van der Waals surface area contributed by atoms with E-state index in [-0.39, 0.29) is 5.91 Å². The van der Waals surface area contributed by atoms with E-state index in [2.05, 4.69) is 21.2 Å². The minimum absolute atomic E-state index is 0.257.